The van der Waals surface area contributed by atoms with Crippen molar-refractivity contribution in [3.05, 3.63) is 70.8 Å². The van der Waals surface area contributed by atoms with Crippen molar-refractivity contribution in [3.8, 4) is 5.75 Å². The first-order chi connectivity index (χ1) is 14.5. The van der Waals surface area contributed by atoms with Gasteiger partial charge in [-0.3, -0.25) is 0 Å². The molecule has 0 amide bonds. The summed E-state index contributed by atoms with van der Waals surface area (Å²) in [6.45, 7) is 6.74. The van der Waals surface area contributed by atoms with Crippen LogP contribution in [-0.4, -0.2) is 28.7 Å². The molecule has 0 fully saturated rings. The van der Waals surface area contributed by atoms with Gasteiger partial charge in [0.15, 0.2) is 11.8 Å². The van der Waals surface area contributed by atoms with Gasteiger partial charge in [-0.1, -0.05) is 28.9 Å². The Balaban J connectivity index is 1.65. The molecule has 8 heteroatoms. The molecule has 30 heavy (non-hydrogen) atoms. The van der Waals surface area contributed by atoms with Crippen LogP contribution in [0.15, 0.2) is 58.0 Å². The Hall–Kier alpha value is -3.06. The van der Waals surface area contributed by atoms with Crippen LogP contribution in [0.5, 0.6) is 5.75 Å². The molecule has 0 radical (unpaired) electrons. The lowest BCUT2D eigenvalue weighted by Crippen LogP contribution is -2.32. The highest BCUT2D eigenvalue weighted by molar-refractivity contribution is 6.30. The first kappa shape index (κ1) is 21.6. The molecule has 0 aliphatic carbocycles. The Labute approximate surface area is 181 Å². The number of nitrogens with zero attached hydrogens (tertiary/aromatic N) is 3. The van der Waals surface area contributed by atoms with E-state index in [1.807, 2.05) is 62.4 Å². The van der Waals surface area contributed by atoms with Crippen LogP contribution in [0.3, 0.4) is 0 Å². The van der Waals surface area contributed by atoms with E-state index in [0.717, 1.165) is 28.4 Å². The lowest BCUT2D eigenvalue weighted by atomic mass is 10.1. The number of halogens is 1. The average Bonchev–Trinajstić information content (AvgIpc) is 3.12. The number of aromatic nitrogens is 2. The zero-order chi connectivity index (χ0) is 21.3. The molecule has 0 atom stereocenters. The highest BCUT2D eigenvalue weighted by Gasteiger charge is 2.06. The average molecular weight is 428 g/mol. The summed E-state index contributed by atoms with van der Waals surface area (Å²) in [7, 11) is 0. The van der Waals surface area contributed by atoms with Crippen LogP contribution in [0, 0.1) is 6.92 Å². The first-order valence-corrected chi connectivity index (χ1v) is 10.2. The molecular formula is C22H26ClN5O2. The standard InChI is InChI=1S/C22H26ClN5O2/c1-15(2)29-20-9-7-19(8-10-20)27-22(25-14-21-26-16(3)28-30-21)24-12-11-17-5-4-6-18(23)13-17/h4-10,13,15H,11-12,14H2,1-3H3,(H2,24,25,27). The SMILES string of the molecule is Cc1noc(CN=C(NCCc2cccc(Cl)c2)Nc2ccc(OC(C)C)cc2)n1. The zero-order valence-corrected chi connectivity index (χ0v) is 18.1. The summed E-state index contributed by atoms with van der Waals surface area (Å²) in [6, 6.07) is 15.6. The summed E-state index contributed by atoms with van der Waals surface area (Å²) < 4.78 is 10.8. The smallest absolute Gasteiger partial charge is 0.248 e. The normalized spacial score (nSPS) is 11.6. The van der Waals surface area contributed by atoms with Gasteiger partial charge >= 0.3 is 0 Å². The number of aryl methyl sites for hydroxylation is 1. The van der Waals surface area contributed by atoms with Gasteiger partial charge < -0.3 is 19.9 Å². The van der Waals surface area contributed by atoms with Gasteiger partial charge in [0, 0.05) is 17.3 Å². The van der Waals surface area contributed by atoms with Gasteiger partial charge in [-0.05, 0) is 69.2 Å². The maximum Gasteiger partial charge on any atom is 0.248 e. The van der Waals surface area contributed by atoms with E-state index in [2.05, 4.69) is 25.8 Å². The van der Waals surface area contributed by atoms with E-state index in [9.17, 15) is 0 Å². The van der Waals surface area contributed by atoms with Gasteiger partial charge in [0.05, 0.1) is 6.10 Å². The van der Waals surface area contributed by atoms with E-state index in [1.165, 1.54) is 0 Å². The molecule has 0 aliphatic heterocycles. The number of benzene rings is 2. The largest absolute Gasteiger partial charge is 0.491 e. The van der Waals surface area contributed by atoms with Crippen molar-refractivity contribution in [1.29, 1.82) is 0 Å². The molecule has 3 rings (SSSR count). The summed E-state index contributed by atoms with van der Waals surface area (Å²) in [5, 5.41) is 11.2. The minimum Gasteiger partial charge on any atom is -0.491 e. The Kier molecular flexibility index (Phi) is 7.68. The maximum atomic E-state index is 6.07. The third-order valence-electron chi connectivity index (χ3n) is 4.03. The van der Waals surface area contributed by atoms with Gasteiger partial charge in [-0.25, -0.2) is 4.99 Å². The highest BCUT2D eigenvalue weighted by Crippen LogP contribution is 2.17. The van der Waals surface area contributed by atoms with Gasteiger partial charge in [0.1, 0.15) is 12.3 Å². The first-order valence-electron chi connectivity index (χ1n) is 9.83. The molecular weight excluding hydrogens is 402 g/mol. The monoisotopic (exact) mass is 427 g/mol. The van der Waals surface area contributed by atoms with Crippen molar-refractivity contribution in [3.63, 3.8) is 0 Å². The lowest BCUT2D eigenvalue weighted by Gasteiger charge is -2.14. The molecule has 0 aliphatic rings. The molecule has 7 nitrogen and oxygen atoms in total. The lowest BCUT2D eigenvalue weighted by molar-refractivity contribution is 0.242. The molecule has 3 aromatic rings. The Morgan fingerprint density at radius 3 is 2.67 bits per heavy atom. The summed E-state index contributed by atoms with van der Waals surface area (Å²) in [6.07, 6.45) is 0.939. The Morgan fingerprint density at radius 2 is 2.00 bits per heavy atom. The highest BCUT2D eigenvalue weighted by atomic mass is 35.5. The van der Waals surface area contributed by atoms with Crippen molar-refractivity contribution < 1.29 is 9.26 Å². The molecule has 0 spiro atoms. The molecule has 2 aromatic carbocycles. The summed E-state index contributed by atoms with van der Waals surface area (Å²) >= 11 is 6.07. The minimum absolute atomic E-state index is 0.131. The van der Waals surface area contributed by atoms with Crippen LogP contribution >= 0.6 is 11.6 Å². The minimum atomic E-state index is 0.131. The van der Waals surface area contributed by atoms with Crippen molar-refractivity contribution in [2.45, 2.75) is 39.8 Å². The molecule has 158 valence electrons. The molecule has 1 aromatic heterocycles. The molecule has 1 heterocycles. The van der Waals surface area contributed by atoms with Crippen molar-refractivity contribution in [2.75, 3.05) is 11.9 Å². The van der Waals surface area contributed by atoms with Crippen LogP contribution in [0.1, 0.15) is 31.1 Å². The topological polar surface area (TPSA) is 84.6 Å². The van der Waals surface area contributed by atoms with E-state index in [0.29, 0.717) is 24.2 Å². The van der Waals surface area contributed by atoms with Crippen molar-refractivity contribution >= 4 is 23.2 Å². The zero-order valence-electron chi connectivity index (χ0n) is 17.4. The molecule has 0 saturated heterocycles. The second kappa shape index (κ2) is 10.6. The predicted molar refractivity (Wildman–Crippen MR) is 119 cm³/mol. The van der Waals surface area contributed by atoms with Crippen molar-refractivity contribution in [1.82, 2.24) is 15.5 Å². The summed E-state index contributed by atoms with van der Waals surface area (Å²) in [4.78, 5) is 8.76. The second-order valence-electron chi connectivity index (χ2n) is 7.02. The number of ether oxygens (including phenoxy) is 1. The Bertz CT molecular complexity index is 970. The van der Waals surface area contributed by atoms with E-state index in [4.69, 9.17) is 20.9 Å². The third-order valence-corrected chi connectivity index (χ3v) is 4.26. The maximum absolute atomic E-state index is 6.07. The fourth-order valence-electron chi connectivity index (χ4n) is 2.73. The number of anilines is 1. The van der Waals surface area contributed by atoms with Gasteiger partial charge in [0.25, 0.3) is 0 Å². The van der Waals surface area contributed by atoms with Crippen molar-refractivity contribution in [2.24, 2.45) is 4.99 Å². The fraction of sp³-hybridized carbons (Fsp3) is 0.318. The number of nitrogens with one attached hydrogen (secondary N) is 2. The third kappa shape index (κ3) is 7.08. The van der Waals surface area contributed by atoms with Crippen LogP contribution in [0.2, 0.25) is 5.02 Å². The number of guanidine groups is 1. The second-order valence-corrected chi connectivity index (χ2v) is 7.46. The fourth-order valence-corrected chi connectivity index (χ4v) is 2.95. The van der Waals surface area contributed by atoms with E-state index < -0.39 is 0 Å². The number of rotatable bonds is 8. The van der Waals surface area contributed by atoms with Crippen LogP contribution < -0.4 is 15.4 Å². The number of aliphatic imine (C=N–C) groups is 1. The number of hydrogen-bond acceptors (Lipinski definition) is 5. The van der Waals surface area contributed by atoms with Gasteiger partial charge in [-0.15, -0.1) is 0 Å². The summed E-state index contributed by atoms with van der Waals surface area (Å²) in [5.41, 5.74) is 2.04. The summed E-state index contributed by atoms with van der Waals surface area (Å²) in [5.74, 6) is 2.49. The van der Waals surface area contributed by atoms with Crippen LogP contribution in [0.25, 0.3) is 0 Å². The van der Waals surface area contributed by atoms with Crippen LogP contribution in [-0.2, 0) is 13.0 Å². The molecule has 0 bridgehead atoms. The van der Waals surface area contributed by atoms with Gasteiger partial charge in [-0.2, -0.15) is 4.98 Å². The van der Waals surface area contributed by atoms with E-state index >= 15 is 0 Å². The quantitative estimate of drug-likeness (QED) is 0.403. The number of hydrogen-bond donors (Lipinski definition) is 2. The Morgan fingerprint density at radius 1 is 1.20 bits per heavy atom. The molecule has 2 N–H and O–H groups in total. The van der Waals surface area contributed by atoms with E-state index in [-0.39, 0.29) is 12.6 Å². The molecule has 0 unspecified atom stereocenters. The predicted octanol–water partition coefficient (Wildman–Crippen LogP) is 4.62. The van der Waals surface area contributed by atoms with Crippen LogP contribution in [0.4, 0.5) is 5.69 Å². The molecule has 0 saturated carbocycles. The van der Waals surface area contributed by atoms with Gasteiger partial charge in [0.2, 0.25) is 5.89 Å². The van der Waals surface area contributed by atoms with E-state index in [1.54, 1.807) is 6.92 Å².